The maximum Gasteiger partial charge on any atom is 0.417 e. The molecule has 1 rings (SSSR count). The molecule has 0 aliphatic heterocycles. The first-order valence-electron chi connectivity index (χ1n) is 5.38. The minimum absolute atomic E-state index is 0.315. The van der Waals surface area contributed by atoms with Crippen molar-refractivity contribution in [1.82, 2.24) is 0 Å². The van der Waals surface area contributed by atoms with Gasteiger partial charge in [0.2, 0.25) is 5.91 Å². The van der Waals surface area contributed by atoms with Crippen LogP contribution in [0.25, 0.3) is 0 Å². The van der Waals surface area contributed by atoms with Crippen LogP contribution < -0.4 is 5.32 Å². The zero-order chi connectivity index (χ0) is 14.8. The molecular weight excluding hydrogens is 283 g/mol. The number of hydrogen-bond donors (Lipinski definition) is 2. The normalized spacial score (nSPS) is 14.9. The first-order valence-corrected chi connectivity index (χ1v) is 5.76. The van der Waals surface area contributed by atoms with Crippen molar-refractivity contribution in [2.75, 3.05) is 5.32 Å². The molecule has 0 bridgehead atoms. The second-order valence-electron chi connectivity index (χ2n) is 4.41. The maximum atomic E-state index is 12.4. The summed E-state index contributed by atoms with van der Waals surface area (Å²) in [6, 6.07) is 4.67. The lowest BCUT2D eigenvalue weighted by molar-refractivity contribution is -0.252. The summed E-state index contributed by atoms with van der Waals surface area (Å²) >= 11 is 5.82. The average Bonchev–Trinajstić information content (AvgIpc) is 2.22. The van der Waals surface area contributed by atoms with E-state index in [1.54, 1.807) is 19.1 Å². The van der Waals surface area contributed by atoms with E-state index < -0.39 is 24.1 Å². The fraction of sp³-hybridized carbons (Fsp3) is 0.417. The molecule has 1 amide bonds. The fourth-order valence-corrected chi connectivity index (χ4v) is 1.52. The third kappa shape index (κ3) is 3.84. The van der Waals surface area contributed by atoms with Gasteiger partial charge in [0.25, 0.3) is 0 Å². The number of amides is 1. The third-order valence-electron chi connectivity index (χ3n) is 2.66. The first-order chi connectivity index (χ1) is 8.54. The molecule has 2 N–H and O–H groups in total. The van der Waals surface area contributed by atoms with Gasteiger partial charge >= 0.3 is 6.18 Å². The molecule has 0 aromatic heterocycles. The Balaban J connectivity index is 2.79. The highest BCUT2D eigenvalue weighted by atomic mass is 35.5. The van der Waals surface area contributed by atoms with Gasteiger partial charge in [-0.15, -0.1) is 0 Å². The molecule has 0 fully saturated rings. The van der Waals surface area contributed by atoms with Crippen LogP contribution in [0.5, 0.6) is 0 Å². The lowest BCUT2D eigenvalue weighted by Crippen LogP contribution is -2.44. The summed E-state index contributed by atoms with van der Waals surface area (Å²) < 4.78 is 37.3. The summed E-state index contributed by atoms with van der Waals surface area (Å²) in [6.45, 7) is 2.18. The Kier molecular flexibility index (Phi) is 4.47. The molecule has 0 saturated heterocycles. The van der Waals surface area contributed by atoms with Crippen LogP contribution >= 0.6 is 11.6 Å². The van der Waals surface area contributed by atoms with Crippen LogP contribution in [0.3, 0.4) is 0 Å². The van der Waals surface area contributed by atoms with Gasteiger partial charge in [-0.3, -0.25) is 4.79 Å². The number of aliphatic hydroxyl groups is 1. The van der Waals surface area contributed by atoms with Crippen molar-refractivity contribution in [3.8, 4) is 0 Å². The van der Waals surface area contributed by atoms with E-state index >= 15 is 0 Å². The highest BCUT2D eigenvalue weighted by Gasteiger charge is 2.50. The molecule has 0 spiro atoms. The Morgan fingerprint density at radius 2 is 2.00 bits per heavy atom. The fourth-order valence-electron chi connectivity index (χ4n) is 1.35. The van der Waals surface area contributed by atoms with E-state index in [0.717, 1.165) is 0 Å². The second kappa shape index (κ2) is 5.38. The highest BCUT2D eigenvalue weighted by molar-refractivity contribution is 6.31. The smallest absolute Gasteiger partial charge is 0.380 e. The minimum atomic E-state index is -4.87. The summed E-state index contributed by atoms with van der Waals surface area (Å²) in [4.78, 5) is 11.5. The van der Waals surface area contributed by atoms with E-state index in [0.29, 0.717) is 23.2 Å². The van der Waals surface area contributed by atoms with Crippen LogP contribution in [0.2, 0.25) is 5.02 Å². The summed E-state index contributed by atoms with van der Waals surface area (Å²) in [6.07, 6.45) is -5.95. The number of anilines is 1. The van der Waals surface area contributed by atoms with E-state index in [4.69, 9.17) is 11.6 Å². The molecule has 3 nitrogen and oxygen atoms in total. The van der Waals surface area contributed by atoms with Gasteiger partial charge in [0.05, 0.1) is 6.42 Å². The van der Waals surface area contributed by atoms with Gasteiger partial charge in [0, 0.05) is 10.7 Å². The monoisotopic (exact) mass is 295 g/mol. The molecule has 0 aliphatic carbocycles. The average molecular weight is 296 g/mol. The molecule has 0 aliphatic rings. The number of rotatable bonds is 3. The largest absolute Gasteiger partial charge is 0.417 e. The van der Waals surface area contributed by atoms with Crippen LogP contribution in [0.15, 0.2) is 18.2 Å². The molecular formula is C12H13ClF3NO2. The molecule has 1 aromatic carbocycles. The van der Waals surface area contributed by atoms with Crippen molar-refractivity contribution in [1.29, 1.82) is 0 Å². The van der Waals surface area contributed by atoms with Gasteiger partial charge in [-0.1, -0.05) is 17.7 Å². The zero-order valence-electron chi connectivity index (χ0n) is 10.3. The predicted octanol–water partition coefficient (Wildman–Crippen LogP) is 3.29. The van der Waals surface area contributed by atoms with Gasteiger partial charge in [-0.05, 0) is 31.5 Å². The third-order valence-corrected chi connectivity index (χ3v) is 3.07. The van der Waals surface area contributed by atoms with Gasteiger partial charge in [0.1, 0.15) is 0 Å². The Labute approximate surface area is 113 Å². The molecule has 0 unspecified atom stereocenters. The van der Waals surface area contributed by atoms with Gasteiger partial charge in [0.15, 0.2) is 5.60 Å². The molecule has 0 heterocycles. The maximum absolute atomic E-state index is 12.4. The van der Waals surface area contributed by atoms with E-state index in [9.17, 15) is 23.1 Å². The van der Waals surface area contributed by atoms with E-state index in [-0.39, 0.29) is 0 Å². The van der Waals surface area contributed by atoms with Gasteiger partial charge in [-0.25, -0.2) is 0 Å². The van der Waals surface area contributed by atoms with E-state index in [1.165, 1.54) is 6.07 Å². The number of alkyl halides is 3. The van der Waals surface area contributed by atoms with Crippen LogP contribution in [0.1, 0.15) is 18.9 Å². The molecule has 106 valence electrons. The van der Waals surface area contributed by atoms with Crippen molar-refractivity contribution in [3.63, 3.8) is 0 Å². The van der Waals surface area contributed by atoms with Crippen molar-refractivity contribution in [2.24, 2.45) is 0 Å². The molecule has 19 heavy (non-hydrogen) atoms. The van der Waals surface area contributed by atoms with Gasteiger partial charge < -0.3 is 10.4 Å². The predicted molar refractivity (Wildman–Crippen MR) is 66.1 cm³/mol. The summed E-state index contributed by atoms with van der Waals surface area (Å²) in [5.41, 5.74) is -2.21. The Bertz CT molecular complexity index is 486. The second-order valence-corrected chi connectivity index (χ2v) is 4.82. The first kappa shape index (κ1) is 15.8. The number of halogens is 4. The minimum Gasteiger partial charge on any atom is -0.380 e. The number of hydrogen-bond acceptors (Lipinski definition) is 2. The van der Waals surface area contributed by atoms with E-state index in [2.05, 4.69) is 5.32 Å². The standard InChI is InChI=1S/C12H13ClF3NO2/c1-7-8(13)4-3-5-9(7)17-10(18)6-11(2,19)12(14,15)16/h3-5,19H,6H2,1-2H3,(H,17,18)/t11-/m1/s1. The summed E-state index contributed by atoms with van der Waals surface area (Å²) in [7, 11) is 0. The number of carbonyl (C=O) groups is 1. The quantitative estimate of drug-likeness (QED) is 0.899. The summed E-state index contributed by atoms with van der Waals surface area (Å²) in [5, 5.41) is 11.9. The van der Waals surface area contributed by atoms with Crippen molar-refractivity contribution < 1.29 is 23.1 Å². The van der Waals surface area contributed by atoms with Crippen molar-refractivity contribution >= 4 is 23.2 Å². The Hall–Kier alpha value is -1.27. The number of carbonyl (C=O) groups excluding carboxylic acids is 1. The Morgan fingerprint density at radius 1 is 1.42 bits per heavy atom. The topological polar surface area (TPSA) is 49.3 Å². The lowest BCUT2D eigenvalue weighted by atomic mass is 10.0. The molecule has 0 radical (unpaired) electrons. The molecule has 0 saturated carbocycles. The Morgan fingerprint density at radius 3 is 2.53 bits per heavy atom. The molecule has 1 atom stereocenters. The van der Waals surface area contributed by atoms with Crippen molar-refractivity contribution in [2.45, 2.75) is 32.0 Å². The van der Waals surface area contributed by atoms with Gasteiger partial charge in [-0.2, -0.15) is 13.2 Å². The van der Waals surface area contributed by atoms with Crippen LogP contribution in [-0.2, 0) is 4.79 Å². The van der Waals surface area contributed by atoms with Crippen LogP contribution in [0.4, 0.5) is 18.9 Å². The number of benzene rings is 1. The van der Waals surface area contributed by atoms with Crippen molar-refractivity contribution in [3.05, 3.63) is 28.8 Å². The molecule has 7 heteroatoms. The zero-order valence-corrected chi connectivity index (χ0v) is 11.1. The highest BCUT2D eigenvalue weighted by Crippen LogP contribution is 2.33. The number of nitrogens with one attached hydrogen (secondary N) is 1. The SMILES string of the molecule is Cc1c(Cl)cccc1NC(=O)C[C@@](C)(O)C(F)(F)F. The van der Waals surface area contributed by atoms with E-state index in [1.807, 2.05) is 0 Å². The lowest BCUT2D eigenvalue weighted by Gasteiger charge is -2.25. The molecule has 1 aromatic rings. The van der Waals surface area contributed by atoms with Crippen LogP contribution in [0, 0.1) is 6.92 Å². The summed E-state index contributed by atoms with van der Waals surface area (Å²) in [5.74, 6) is -0.937. The van der Waals surface area contributed by atoms with Crippen LogP contribution in [-0.4, -0.2) is 22.8 Å².